The van der Waals surface area contributed by atoms with Crippen LogP contribution in [0.2, 0.25) is 0 Å². The van der Waals surface area contributed by atoms with Crippen LogP contribution in [0.5, 0.6) is 0 Å². The number of aromatic nitrogens is 1. The predicted octanol–water partition coefficient (Wildman–Crippen LogP) is 4.86. The fourth-order valence-electron chi connectivity index (χ4n) is 3.04. The number of para-hydroxylation sites is 1. The number of benzene rings is 1. The molecular weight excluding hydrogens is 356 g/mol. The van der Waals surface area contributed by atoms with Gasteiger partial charge in [0.05, 0.1) is 25.2 Å². The van der Waals surface area contributed by atoms with E-state index in [1.807, 2.05) is 17.0 Å². The summed E-state index contributed by atoms with van der Waals surface area (Å²) >= 11 is 5.12. The highest BCUT2D eigenvalue weighted by Crippen LogP contribution is 2.33. The lowest BCUT2D eigenvalue weighted by Crippen LogP contribution is -2.40. The van der Waals surface area contributed by atoms with Gasteiger partial charge < -0.3 is 4.90 Å². The van der Waals surface area contributed by atoms with Gasteiger partial charge in [-0.05, 0) is 36.4 Å². The fourth-order valence-corrected chi connectivity index (χ4v) is 5.82. The molecule has 1 aliphatic rings. The van der Waals surface area contributed by atoms with Crippen molar-refractivity contribution in [3.63, 3.8) is 0 Å². The zero-order valence-corrected chi connectivity index (χ0v) is 15.6. The first-order valence-corrected chi connectivity index (χ1v) is 10.8. The third kappa shape index (κ3) is 3.50. The Morgan fingerprint density at radius 1 is 1.29 bits per heavy atom. The smallest absolute Gasteiger partial charge is 0.232 e. The minimum absolute atomic E-state index is 0.249. The Kier molecular flexibility index (Phi) is 4.87. The average molecular weight is 375 g/mol. The van der Waals surface area contributed by atoms with Crippen molar-refractivity contribution in [3.8, 4) is 0 Å². The lowest BCUT2D eigenvalue weighted by molar-refractivity contribution is -0.129. The maximum Gasteiger partial charge on any atom is 0.232 e. The molecule has 1 aliphatic heterocycles. The van der Waals surface area contributed by atoms with Gasteiger partial charge in [-0.3, -0.25) is 4.79 Å². The molecule has 1 aromatic carbocycles. The molecule has 124 valence electrons. The summed E-state index contributed by atoms with van der Waals surface area (Å²) in [6.07, 6.45) is 2.19. The molecule has 3 aromatic rings. The van der Waals surface area contributed by atoms with E-state index in [1.54, 1.807) is 34.4 Å². The molecule has 3 heterocycles. The van der Waals surface area contributed by atoms with Gasteiger partial charge in [0.15, 0.2) is 0 Å². The van der Waals surface area contributed by atoms with Crippen LogP contribution in [0.25, 0.3) is 10.2 Å². The van der Waals surface area contributed by atoms with Crippen LogP contribution in [-0.2, 0) is 4.79 Å². The second kappa shape index (κ2) is 7.25. The van der Waals surface area contributed by atoms with Crippen LogP contribution in [0.15, 0.2) is 46.0 Å². The first-order valence-electron chi connectivity index (χ1n) is 8.09. The number of carbonyl (C=O) groups is 1. The lowest BCUT2D eigenvalue weighted by atomic mass is 9.99. The third-order valence-electron chi connectivity index (χ3n) is 4.27. The SMILES string of the molecule is O=C(CSc1cccs1)N1CCCC(c2nc3ccccc3s2)C1. The van der Waals surface area contributed by atoms with Crippen molar-refractivity contribution in [1.29, 1.82) is 0 Å². The van der Waals surface area contributed by atoms with Crippen LogP contribution in [-0.4, -0.2) is 34.6 Å². The van der Waals surface area contributed by atoms with Crippen LogP contribution >= 0.6 is 34.4 Å². The number of likely N-dealkylation sites (tertiary alicyclic amines) is 1. The van der Waals surface area contributed by atoms with Crippen molar-refractivity contribution in [1.82, 2.24) is 9.88 Å². The number of thiazole rings is 1. The maximum absolute atomic E-state index is 12.5. The Morgan fingerprint density at radius 3 is 3.04 bits per heavy atom. The summed E-state index contributed by atoms with van der Waals surface area (Å²) in [5, 5.41) is 3.23. The van der Waals surface area contributed by atoms with E-state index in [4.69, 9.17) is 4.98 Å². The van der Waals surface area contributed by atoms with E-state index < -0.39 is 0 Å². The molecule has 0 bridgehead atoms. The van der Waals surface area contributed by atoms with Gasteiger partial charge >= 0.3 is 0 Å². The predicted molar refractivity (Wildman–Crippen MR) is 103 cm³/mol. The third-order valence-corrected chi connectivity index (χ3v) is 7.58. The minimum atomic E-state index is 0.249. The summed E-state index contributed by atoms with van der Waals surface area (Å²) < 4.78 is 2.45. The van der Waals surface area contributed by atoms with Gasteiger partial charge in [0.2, 0.25) is 5.91 Å². The highest BCUT2D eigenvalue weighted by atomic mass is 32.2. The van der Waals surface area contributed by atoms with Gasteiger partial charge in [-0.2, -0.15) is 0 Å². The summed E-state index contributed by atoms with van der Waals surface area (Å²) in [5.41, 5.74) is 1.08. The number of amides is 1. The van der Waals surface area contributed by atoms with Crippen molar-refractivity contribution in [2.24, 2.45) is 0 Å². The Balaban J connectivity index is 1.42. The first-order chi connectivity index (χ1) is 11.8. The highest BCUT2D eigenvalue weighted by molar-refractivity contribution is 8.01. The van der Waals surface area contributed by atoms with Crippen molar-refractivity contribution in [2.45, 2.75) is 23.0 Å². The van der Waals surface area contributed by atoms with Crippen LogP contribution < -0.4 is 0 Å². The van der Waals surface area contributed by atoms with E-state index in [2.05, 4.69) is 29.6 Å². The summed E-state index contributed by atoms with van der Waals surface area (Å²) in [5.74, 6) is 1.17. The molecule has 3 nitrogen and oxygen atoms in total. The fraction of sp³-hybridized carbons (Fsp3) is 0.333. The van der Waals surface area contributed by atoms with E-state index in [-0.39, 0.29) is 5.91 Å². The van der Waals surface area contributed by atoms with Crippen molar-refractivity contribution < 1.29 is 4.79 Å². The van der Waals surface area contributed by atoms with Crippen LogP contribution in [0, 0.1) is 0 Å². The second-order valence-electron chi connectivity index (χ2n) is 5.92. The van der Waals surface area contributed by atoms with E-state index in [0.29, 0.717) is 11.7 Å². The van der Waals surface area contributed by atoms with Crippen LogP contribution in [0.1, 0.15) is 23.8 Å². The van der Waals surface area contributed by atoms with E-state index in [9.17, 15) is 4.79 Å². The normalized spacial score (nSPS) is 18.2. The van der Waals surface area contributed by atoms with Crippen LogP contribution in [0.3, 0.4) is 0 Å². The highest BCUT2D eigenvalue weighted by Gasteiger charge is 2.26. The number of piperidine rings is 1. The lowest BCUT2D eigenvalue weighted by Gasteiger charge is -2.31. The van der Waals surface area contributed by atoms with Gasteiger partial charge in [-0.25, -0.2) is 4.98 Å². The van der Waals surface area contributed by atoms with E-state index in [0.717, 1.165) is 31.4 Å². The minimum Gasteiger partial charge on any atom is -0.341 e. The molecule has 4 rings (SSSR count). The molecule has 1 fully saturated rings. The summed E-state index contributed by atoms with van der Waals surface area (Å²) in [4.78, 5) is 19.4. The van der Waals surface area contributed by atoms with Gasteiger partial charge in [0, 0.05) is 19.0 Å². The second-order valence-corrected chi connectivity index (χ2v) is 9.21. The molecular formula is C18H18N2OS3. The molecule has 6 heteroatoms. The van der Waals surface area contributed by atoms with Gasteiger partial charge in [-0.15, -0.1) is 34.4 Å². The van der Waals surface area contributed by atoms with Crippen molar-refractivity contribution in [2.75, 3.05) is 18.8 Å². The molecule has 0 N–H and O–H groups in total. The van der Waals surface area contributed by atoms with Crippen LogP contribution in [0.4, 0.5) is 0 Å². The van der Waals surface area contributed by atoms with Gasteiger partial charge in [-0.1, -0.05) is 18.2 Å². The maximum atomic E-state index is 12.5. The zero-order chi connectivity index (χ0) is 16.4. The number of nitrogens with zero attached hydrogens (tertiary/aromatic N) is 2. The zero-order valence-electron chi connectivity index (χ0n) is 13.2. The largest absolute Gasteiger partial charge is 0.341 e. The van der Waals surface area contributed by atoms with Crippen molar-refractivity contribution in [3.05, 3.63) is 46.8 Å². The molecule has 1 saturated heterocycles. The summed E-state index contributed by atoms with van der Waals surface area (Å²) in [6.45, 7) is 1.69. The summed E-state index contributed by atoms with van der Waals surface area (Å²) in [6, 6.07) is 12.4. The molecule has 0 radical (unpaired) electrons. The van der Waals surface area contributed by atoms with E-state index in [1.165, 1.54) is 13.9 Å². The Hall–Kier alpha value is -1.37. The average Bonchev–Trinajstić information content (AvgIpc) is 3.29. The standard InChI is InChI=1S/C18H18N2OS3/c21-16(12-23-17-8-4-10-22-17)20-9-3-5-13(11-20)18-19-14-6-1-2-7-15(14)24-18/h1-2,4,6-8,10,13H,3,5,9,11-12H2. The Labute approximate surface area is 153 Å². The van der Waals surface area contributed by atoms with Gasteiger partial charge in [0.1, 0.15) is 0 Å². The molecule has 0 aliphatic carbocycles. The number of hydrogen-bond donors (Lipinski definition) is 0. The number of thiophene rings is 1. The molecule has 0 spiro atoms. The summed E-state index contributed by atoms with van der Waals surface area (Å²) in [7, 11) is 0. The molecule has 1 unspecified atom stereocenters. The Morgan fingerprint density at radius 2 is 2.21 bits per heavy atom. The molecule has 0 saturated carbocycles. The number of rotatable bonds is 4. The number of hydrogen-bond acceptors (Lipinski definition) is 5. The van der Waals surface area contributed by atoms with E-state index >= 15 is 0 Å². The molecule has 1 amide bonds. The number of thioether (sulfide) groups is 1. The monoisotopic (exact) mass is 374 g/mol. The van der Waals surface area contributed by atoms with Crippen molar-refractivity contribution >= 4 is 50.6 Å². The molecule has 2 aromatic heterocycles. The molecule has 1 atom stereocenters. The Bertz CT molecular complexity index is 795. The number of fused-ring (bicyclic) bond motifs is 1. The molecule has 24 heavy (non-hydrogen) atoms. The van der Waals surface area contributed by atoms with Gasteiger partial charge in [0.25, 0.3) is 0 Å². The quantitative estimate of drug-likeness (QED) is 0.612. The number of carbonyl (C=O) groups excluding carboxylic acids is 1. The topological polar surface area (TPSA) is 33.2 Å². The first kappa shape index (κ1) is 16.1.